The fraction of sp³-hybridized carbons (Fsp3) is 0.615. The lowest BCUT2D eigenvalue weighted by atomic mass is 9.96. The maximum Gasteiger partial charge on any atom is 0.270 e. The number of carbonyl (C=O) groups is 1. The van der Waals surface area contributed by atoms with Crippen LogP contribution in [-0.4, -0.2) is 32.3 Å². The molecule has 110 valence electrons. The molecule has 2 rings (SSSR count). The normalized spacial score (nSPS) is 18.2. The Balaban J connectivity index is 2.23. The second-order valence-corrected chi connectivity index (χ2v) is 5.23. The van der Waals surface area contributed by atoms with E-state index in [0.717, 1.165) is 25.0 Å². The van der Waals surface area contributed by atoms with Crippen molar-refractivity contribution < 1.29 is 10.0 Å². The van der Waals surface area contributed by atoms with Gasteiger partial charge in [0.05, 0.1) is 5.69 Å². The minimum Gasteiger partial charge on any atom is -0.409 e. The van der Waals surface area contributed by atoms with E-state index in [1.807, 2.05) is 6.92 Å². The highest BCUT2D eigenvalue weighted by atomic mass is 16.4. The maximum absolute atomic E-state index is 12.4. The van der Waals surface area contributed by atoms with E-state index >= 15 is 0 Å². The van der Waals surface area contributed by atoms with Crippen LogP contribution in [0.1, 0.15) is 48.8 Å². The summed E-state index contributed by atoms with van der Waals surface area (Å²) in [5.41, 5.74) is 6.39. The Labute approximate surface area is 117 Å². The fourth-order valence-corrected chi connectivity index (χ4v) is 2.71. The summed E-state index contributed by atoms with van der Waals surface area (Å²) in [4.78, 5) is 12.4. The summed E-state index contributed by atoms with van der Waals surface area (Å²) < 4.78 is 1.56. The van der Waals surface area contributed by atoms with Gasteiger partial charge < -0.3 is 16.3 Å². The van der Waals surface area contributed by atoms with E-state index in [1.54, 1.807) is 17.8 Å². The van der Waals surface area contributed by atoms with Crippen LogP contribution in [0, 0.1) is 0 Å². The Hall–Kier alpha value is -2.05. The second-order valence-electron chi connectivity index (χ2n) is 5.23. The van der Waals surface area contributed by atoms with Crippen LogP contribution in [0.4, 0.5) is 0 Å². The number of hydrogen-bond acceptors (Lipinski definition) is 4. The van der Waals surface area contributed by atoms with Gasteiger partial charge in [-0.3, -0.25) is 9.48 Å². The fourth-order valence-electron chi connectivity index (χ4n) is 2.71. The third-order valence-electron chi connectivity index (χ3n) is 3.93. The molecule has 7 heteroatoms. The first-order valence-electron chi connectivity index (χ1n) is 6.86. The topological polar surface area (TPSA) is 106 Å². The molecule has 1 aliphatic carbocycles. The average Bonchev–Trinajstić information content (AvgIpc) is 3.05. The summed E-state index contributed by atoms with van der Waals surface area (Å²) in [6, 6.07) is 1.77. The summed E-state index contributed by atoms with van der Waals surface area (Å²) in [6.45, 7) is 1.99. The Bertz CT molecular complexity index is 529. The first-order valence-corrected chi connectivity index (χ1v) is 6.86. The van der Waals surface area contributed by atoms with Crippen molar-refractivity contribution in [3.63, 3.8) is 0 Å². The summed E-state index contributed by atoms with van der Waals surface area (Å²) in [6.07, 6.45) is 4.04. The van der Waals surface area contributed by atoms with Gasteiger partial charge in [-0.1, -0.05) is 24.9 Å². The number of rotatable bonds is 4. The minimum atomic E-state index is -0.734. The predicted octanol–water partition coefficient (Wildman–Crippen LogP) is 0.771. The Morgan fingerprint density at radius 1 is 1.60 bits per heavy atom. The largest absolute Gasteiger partial charge is 0.409 e. The van der Waals surface area contributed by atoms with Gasteiger partial charge in [0.1, 0.15) is 11.2 Å². The molecular weight excluding hydrogens is 258 g/mol. The van der Waals surface area contributed by atoms with Crippen LogP contribution < -0.4 is 11.1 Å². The molecule has 0 unspecified atom stereocenters. The summed E-state index contributed by atoms with van der Waals surface area (Å²) >= 11 is 0. The van der Waals surface area contributed by atoms with Crippen LogP contribution in [0.5, 0.6) is 0 Å². The standard InChI is InChI=1S/C13H21N5O2/c1-3-9-8-10(18(2)16-9)11(19)15-13(12(14)17-20)6-4-5-7-13/h8,20H,3-7H2,1-2H3,(H2,14,17)(H,15,19). The zero-order valence-electron chi connectivity index (χ0n) is 11.9. The van der Waals surface area contributed by atoms with Gasteiger partial charge in [-0.05, 0) is 25.3 Å². The minimum absolute atomic E-state index is 0.0706. The lowest BCUT2D eigenvalue weighted by molar-refractivity contribution is 0.0913. The SMILES string of the molecule is CCc1cc(C(=O)NC2(C(N)=NO)CCCC2)n(C)n1. The number of amidine groups is 1. The highest BCUT2D eigenvalue weighted by Crippen LogP contribution is 2.30. The van der Waals surface area contributed by atoms with Gasteiger partial charge in [0.15, 0.2) is 5.84 Å². The molecule has 1 heterocycles. The number of hydrogen-bond donors (Lipinski definition) is 3. The predicted molar refractivity (Wildman–Crippen MR) is 74.7 cm³/mol. The van der Waals surface area contributed by atoms with E-state index < -0.39 is 5.54 Å². The van der Waals surface area contributed by atoms with Gasteiger partial charge in [0, 0.05) is 7.05 Å². The van der Waals surface area contributed by atoms with Gasteiger partial charge >= 0.3 is 0 Å². The van der Waals surface area contributed by atoms with Crippen molar-refractivity contribution >= 4 is 11.7 Å². The van der Waals surface area contributed by atoms with E-state index in [2.05, 4.69) is 15.6 Å². The molecule has 1 aromatic heterocycles. The smallest absolute Gasteiger partial charge is 0.270 e. The number of nitrogens with two attached hydrogens (primary N) is 1. The van der Waals surface area contributed by atoms with Crippen molar-refractivity contribution in [2.24, 2.45) is 17.9 Å². The van der Waals surface area contributed by atoms with Crippen LogP contribution in [0.15, 0.2) is 11.2 Å². The van der Waals surface area contributed by atoms with Crippen LogP contribution in [0.2, 0.25) is 0 Å². The molecule has 0 aliphatic heterocycles. The Morgan fingerprint density at radius 3 is 2.75 bits per heavy atom. The summed E-state index contributed by atoms with van der Waals surface area (Å²) in [5, 5.41) is 19.2. The van der Waals surface area contributed by atoms with Gasteiger partial charge in [0.2, 0.25) is 0 Å². The van der Waals surface area contributed by atoms with Crippen molar-refractivity contribution in [3.05, 3.63) is 17.5 Å². The van der Waals surface area contributed by atoms with Gasteiger partial charge in [-0.2, -0.15) is 5.10 Å². The van der Waals surface area contributed by atoms with Crippen molar-refractivity contribution in [1.82, 2.24) is 15.1 Å². The maximum atomic E-state index is 12.4. The molecule has 0 aromatic carbocycles. The molecule has 0 spiro atoms. The third-order valence-corrected chi connectivity index (χ3v) is 3.93. The summed E-state index contributed by atoms with van der Waals surface area (Å²) in [7, 11) is 1.74. The van der Waals surface area contributed by atoms with Gasteiger partial charge in [-0.25, -0.2) is 0 Å². The molecule has 1 fully saturated rings. The van der Waals surface area contributed by atoms with Gasteiger partial charge in [0.25, 0.3) is 5.91 Å². The zero-order valence-corrected chi connectivity index (χ0v) is 11.9. The van der Waals surface area contributed by atoms with E-state index in [-0.39, 0.29) is 11.7 Å². The number of carbonyl (C=O) groups excluding carboxylic acids is 1. The van der Waals surface area contributed by atoms with E-state index in [1.165, 1.54) is 0 Å². The van der Waals surface area contributed by atoms with Crippen LogP contribution in [-0.2, 0) is 13.5 Å². The molecule has 7 nitrogen and oxygen atoms in total. The first-order chi connectivity index (χ1) is 9.52. The van der Waals surface area contributed by atoms with Crippen LogP contribution >= 0.6 is 0 Å². The number of aryl methyl sites for hydroxylation is 2. The quantitative estimate of drug-likeness (QED) is 0.327. The summed E-state index contributed by atoms with van der Waals surface area (Å²) in [5.74, 6) is -0.172. The van der Waals surface area contributed by atoms with Crippen molar-refractivity contribution in [2.45, 2.75) is 44.6 Å². The first kappa shape index (κ1) is 14.4. The number of nitrogens with one attached hydrogen (secondary N) is 1. The zero-order chi connectivity index (χ0) is 14.8. The monoisotopic (exact) mass is 279 g/mol. The number of nitrogens with zero attached hydrogens (tertiary/aromatic N) is 3. The molecule has 0 saturated heterocycles. The number of amides is 1. The van der Waals surface area contributed by atoms with Crippen LogP contribution in [0.25, 0.3) is 0 Å². The lowest BCUT2D eigenvalue weighted by Gasteiger charge is -2.28. The molecule has 0 radical (unpaired) electrons. The molecule has 1 aromatic rings. The molecule has 20 heavy (non-hydrogen) atoms. The molecule has 0 bridgehead atoms. The van der Waals surface area contributed by atoms with E-state index in [0.29, 0.717) is 18.5 Å². The average molecular weight is 279 g/mol. The van der Waals surface area contributed by atoms with Gasteiger partial charge in [-0.15, -0.1) is 0 Å². The molecule has 1 amide bonds. The third kappa shape index (κ3) is 2.48. The Kier molecular flexibility index (Phi) is 3.96. The molecular formula is C13H21N5O2. The highest BCUT2D eigenvalue weighted by molar-refractivity contribution is 5.99. The van der Waals surface area contributed by atoms with E-state index in [4.69, 9.17) is 10.9 Å². The lowest BCUT2D eigenvalue weighted by Crippen LogP contribution is -2.56. The van der Waals surface area contributed by atoms with Crippen molar-refractivity contribution in [1.29, 1.82) is 0 Å². The molecule has 0 atom stereocenters. The van der Waals surface area contributed by atoms with Crippen molar-refractivity contribution in [3.8, 4) is 0 Å². The van der Waals surface area contributed by atoms with Crippen molar-refractivity contribution in [2.75, 3.05) is 0 Å². The molecule has 1 aliphatic rings. The highest BCUT2D eigenvalue weighted by Gasteiger charge is 2.40. The number of oxime groups is 1. The molecule has 1 saturated carbocycles. The van der Waals surface area contributed by atoms with E-state index in [9.17, 15) is 4.79 Å². The second kappa shape index (κ2) is 5.52. The Morgan fingerprint density at radius 2 is 2.25 bits per heavy atom. The number of aromatic nitrogens is 2. The van der Waals surface area contributed by atoms with Crippen LogP contribution in [0.3, 0.4) is 0 Å². The molecule has 4 N–H and O–H groups in total.